The van der Waals surface area contributed by atoms with Crippen molar-refractivity contribution in [1.29, 1.82) is 5.26 Å². The maximum atomic E-state index is 10.9. The molecular formula is C22H28N4O3. The van der Waals surface area contributed by atoms with Crippen LogP contribution in [0, 0.1) is 11.3 Å². The zero-order valence-corrected chi connectivity index (χ0v) is 16.8. The van der Waals surface area contributed by atoms with Crippen molar-refractivity contribution in [2.45, 2.75) is 31.8 Å². The lowest BCUT2D eigenvalue weighted by atomic mass is 10.0. The van der Waals surface area contributed by atoms with E-state index in [0.717, 1.165) is 0 Å². The molecule has 2 aromatic rings. The van der Waals surface area contributed by atoms with E-state index in [1.807, 2.05) is 13.1 Å². The van der Waals surface area contributed by atoms with E-state index >= 15 is 0 Å². The lowest BCUT2D eigenvalue weighted by molar-refractivity contribution is -0.128. The highest BCUT2D eigenvalue weighted by molar-refractivity contribution is 5.77. The Bertz CT molecular complexity index is 790. The summed E-state index contributed by atoms with van der Waals surface area (Å²) in [7, 11) is 2.02. The molecule has 0 aromatic heterocycles. The average Bonchev–Trinajstić information content (AvgIpc) is 2.78. The molecule has 0 radical (unpaired) electrons. The molecule has 0 spiro atoms. The lowest BCUT2D eigenvalue weighted by Gasteiger charge is -2.14. The number of aldehydes is 1. The second-order valence-electron chi connectivity index (χ2n) is 6.31. The third-order valence-corrected chi connectivity index (χ3v) is 4.25. The standard InChI is InChI=1S/C11H11N3O3.C11H17N/c12-5-8-2-1-3-9(4-8)10(7-15)13-6-11(16)14-17;1-3-7-11(12-2)10-8-5-4-6-9-10/h1-4,7,10,13,17H,6H2,(H,14,16);4-6,8-9,11-12H,3,7H2,1-2H3. The molecule has 0 aliphatic rings. The van der Waals surface area contributed by atoms with Crippen molar-refractivity contribution in [3.8, 4) is 6.07 Å². The second-order valence-corrected chi connectivity index (χ2v) is 6.31. The molecule has 0 saturated heterocycles. The van der Waals surface area contributed by atoms with E-state index in [1.54, 1.807) is 24.3 Å². The molecule has 2 aromatic carbocycles. The predicted octanol–water partition coefficient (Wildman–Crippen LogP) is 2.64. The van der Waals surface area contributed by atoms with Crippen molar-refractivity contribution in [3.63, 3.8) is 0 Å². The van der Waals surface area contributed by atoms with Crippen LogP contribution in [0.15, 0.2) is 54.6 Å². The van der Waals surface area contributed by atoms with Crippen molar-refractivity contribution < 1.29 is 14.8 Å². The normalized spacial score (nSPS) is 11.9. The van der Waals surface area contributed by atoms with E-state index in [1.165, 1.54) is 23.9 Å². The van der Waals surface area contributed by atoms with E-state index in [2.05, 4.69) is 47.9 Å². The summed E-state index contributed by atoms with van der Waals surface area (Å²) in [6.45, 7) is 2.02. The van der Waals surface area contributed by atoms with Crippen LogP contribution >= 0.6 is 0 Å². The van der Waals surface area contributed by atoms with Crippen LogP contribution in [-0.2, 0) is 9.59 Å². The van der Waals surface area contributed by atoms with Gasteiger partial charge in [0.15, 0.2) is 0 Å². The summed E-state index contributed by atoms with van der Waals surface area (Å²) in [6, 6.07) is 18.9. The van der Waals surface area contributed by atoms with Gasteiger partial charge in [-0.1, -0.05) is 55.8 Å². The molecule has 0 heterocycles. The molecule has 2 rings (SSSR count). The monoisotopic (exact) mass is 396 g/mol. The Morgan fingerprint density at radius 2 is 1.86 bits per heavy atom. The first-order valence-corrected chi connectivity index (χ1v) is 9.43. The summed E-state index contributed by atoms with van der Waals surface area (Å²) in [5.74, 6) is -0.645. The smallest absolute Gasteiger partial charge is 0.257 e. The molecule has 0 saturated carbocycles. The molecule has 0 fully saturated rings. The van der Waals surface area contributed by atoms with Gasteiger partial charge in [-0.05, 0) is 36.7 Å². The SMILES string of the molecule is CCCC(NC)c1ccccc1.N#Cc1cccc(C(C=O)NCC(=O)NO)c1. The van der Waals surface area contributed by atoms with Crippen molar-refractivity contribution in [2.24, 2.45) is 0 Å². The van der Waals surface area contributed by atoms with E-state index in [9.17, 15) is 9.59 Å². The molecule has 0 bridgehead atoms. The highest BCUT2D eigenvalue weighted by Gasteiger charge is 2.11. The summed E-state index contributed by atoms with van der Waals surface area (Å²) >= 11 is 0. The number of carbonyl (C=O) groups is 2. The summed E-state index contributed by atoms with van der Waals surface area (Å²) in [6.07, 6.45) is 3.06. The topological polar surface area (TPSA) is 114 Å². The van der Waals surface area contributed by atoms with E-state index in [-0.39, 0.29) is 6.54 Å². The Morgan fingerprint density at radius 1 is 1.17 bits per heavy atom. The maximum absolute atomic E-state index is 10.9. The van der Waals surface area contributed by atoms with Crippen LogP contribution < -0.4 is 16.1 Å². The second kappa shape index (κ2) is 14.0. The molecule has 1 amide bonds. The third-order valence-electron chi connectivity index (χ3n) is 4.25. The van der Waals surface area contributed by atoms with Crippen molar-refractivity contribution in [3.05, 3.63) is 71.3 Å². The van der Waals surface area contributed by atoms with Crippen molar-refractivity contribution in [2.75, 3.05) is 13.6 Å². The van der Waals surface area contributed by atoms with Gasteiger partial charge < -0.3 is 10.1 Å². The first kappa shape index (κ1) is 24.0. The van der Waals surface area contributed by atoms with Crippen LogP contribution in [0.5, 0.6) is 0 Å². The number of nitrogens with zero attached hydrogens (tertiary/aromatic N) is 1. The fraction of sp³-hybridized carbons (Fsp3) is 0.318. The number of hydroxylamine groups is 1. The number of hydrogen-bond donors (Lipinski definition) is 4. The quantitative estimate of drug-likeness (QED) is 0.294. The number of amides is 1. The first-order chi connectivity index (χ1) is 14.1. The van der Waals surface area contributed by atoms with Gasteiger partial charge in [-0.2, -0.15) is 5.26 Å². The predicted molar refractivity (Wildman–Crippen MR) is 111 cm³/mol. The molecular weight excluding hydrogens is 368 g/mol. The van der Waals surface area contributed by atoms with Gasteiger partial charge in [0.2, 0.25) is 0 Å². The summed E-state index contributed by atoms with van der Waals surface area (Å²) in [5, 5.41) is 23.0. The third kappa shape index (κ3) is 8.66. The van der Waals surface area contributed by atoms with Gasteiger partial charge in [-0.3, -0.25) is 15.3 Å². The molecule has 7 heteroatoms. The molecule has 154 valence electrons. The number of rotatable bonds is 9. The van der Waals surface area contributed by atoms with E-state index in [0.29, 0.717) is 23.5 Å². The first-order valence-electron chi connectivity index (χ1n) is 9.43. The Morgan fingerprint density at radius 3 is 2.41 bits per heavy atom. The Labute approximate surface area is 171 Å². The van der Waals surface area contributed by atoms with Crippen molar-refractivity contribution >= 4 is 12.2 Å². The van der Waals surface area contributed by atoms with Gasteiger partial charge in [-0.15, -0.1) is 0 Å². The number of hydrogen-bond acceptors (Lipinski definition) is 6. The zero-order valence-electron chi connectivity index (χ0n) is 16.8. The molecule has 2 unspecified atom stereocenters. The van der Waals surface area contributed by atoms with E-state index in [4.69, 9.17) is 10.5 Å². The highest BCUT2D eigenvalue weighted by Crippen LogP contribution is 2.16. The fourth-order valence-electron chi connectivity index (χ4n) is 2.74. The highest BCUT2D eigenvalue weighted by atomic mass is 16.5. The van der Waals surface area contributed by atoms with Crippen LogP contribution in [0.2, 0.25) is 0 Å². The minimum absolute atomic E-state index is 0.198. The van der Waals surface area contributed by atoms with Crippen LogP contribution in [-0.4, -0.2) is 31.0 Å². The number of nitriles is 1. The average molecular weight is 396 g/mol. The summed E-state index contributed by atoms with van der Waals surface area (Å²) < 4.78 is 0. The number of carbonyl (C=O) groups excluding carboxylic acids is 2. The fourth-order valence-corrected chi connectivity index (χ4v) is 2.74. The summed E-state index contributed by atoms with van der Waals surface area (Å²) in [4.78, 5) is 21.7. The summed E-state index contributed by atoms with van der Waals surface area (Å²) in [5.41, 5.74) is 3.86. The van der Waals surface area contributed by atoms with Gasteiger partial charge in [-0.25, -0.2) is 5.48 Å². The molecule has 29 heavy (non-hydrogen) atoms. The van der Waals surface area contributed by atoms with Gasteiger partial charge in [0.25, 0.3) is 5.91 Å². The van der Waals surface area contributed by atoms with Gasteiger partial charge >= 0.3 is 0 Å². The Kier molecular flexibility index (Phi) is 11.6. The Balaban J connectivity index is 0.000000308. The minimum atomic E-state index is -0.694. The number of benzene rings is 2. The van der Waals surface area contributed by atoms with Crippen LogP contribution in [0.4, 0.5) is 0 Å². The minimum Gasteiger partial charge on any atom is -0.313 e. The molecule has 2 atom stereocenters. The van der Waals surface area contributed by atoms with Crippen LogP contribution in [0.3, 0.4) is 0 Å². The Hall–Kier alpha value is -3.05. The molecule has 0 aliphatic carbocycles. The largest absolute Gasteiger partial charge is 0.313 e. The van der Waals surface area contributed by atoms with Crippen molar-refractivity contribution in [1.82, 2.24) is 16.1 Å². The van der Waals surface area contributed by atoms with Crippen LogP contribution in [0.1, 0.15) is 48.5 Å². The van der Waals surface area contributed by atoms with Gasteiger partial charge in [0.1, 0.15) is 6.29 Å². The lowest BCUT2D eigenvalue weighted by Crippen LogP contribution is -2.34. The molecule has 4 N–H and O–H groups in total. The molecule has 7 nitrogen and oxygen atoms in total. The zero-order chi connectivity index (χ0) is 21.5. The van der Waals surface area contributed by atoms with Gasteiger partial charge in [0.05, 0.1) is 24.2 Å². The molecule has 0 aliphatic heterocycles. The van der Waals surface area contributed by atoms with Gasteiger partial charge in [0, 0.05) is 6.04 Å². The van der Waals surface area contributed by atoms with Crippen LogP contribution in [0.25, 0.3) is 0 Å². The van der Waals surface area contributed by atoms with E-state index < -0.39 is 11.9 Å². The number of nitrogens with one attached hydrogen (secondary N) is 3. The maximum Gasteiger partial charge on any atom is 0.257 e.